The zero-order valence-corrected chi connectivity index (χ0v) is 12.0. The van der Waals surface area contributed by atoms with Crippen LogP contribution in [0, 0.1) is 5.82 Å². The summed E-state index contributed by atoms with van der Waals surface area (Å²) in [4.78, 5) is 11.9. The quantitative estimate of drug-likeness (QED) is 0.694. The molecule has 0 heterocycles. The molecule has 6 heteroatoms. The van der Waals surface area contributed by atoms with Crippen LogP contribution < -0.4 is 10.5 Å². The first-order valence-corrected chi connectivity index (χ1v) is 6.43. The Morgan fingerprint density at radius 1 is 1.29 bits per heavy atom. The Morgan fingerprint density at radius 2 is 2.05 bits per heavy atom. The maximum atomic E-state index is 13.3. The van der Waals surface area contributed by atoms with Gasteiger partial charge < -0.3 is 15.2 Å². The van der Waals surface area contributed by atoms with E-state index in [4.69, 9.17) is 26.8 Å². The second-order valence-corrected chi connectivity index (χ2v) is 4.69. The van der Waals surface area contributed by atoms with Gasteiger partial charge in [0.1, 0.15) is 18.2 Å². The van der Waals surface area contributed by atoms with E-state index >= 15 is 0 Å². The summed E-state index contributed by atoms with van der Waals surface area (Å²) in [6.07, 6.45) is 0. The van der Waals surface area contributed by atoms with Gasteiger partial charge >= 0.3 is 5.97 Å². The van der Waals surface area contributed by atoms with Crippen LogP contribution >= 0.6 is 11.6 Å². The molecule has 110 valence electrons. The van der Waals surface area contributed by atoms with E-state index in [-0.39, 0.29) is 11.6 Å². The normalized spacial score (nSPS) is 10.2. The van der Waals surface area contributed by atoms with E-state index in [1.165, 1.54) is 25.3 Å². The molecule has 0 amide bonds. The van der Waals surface area contributed by atoms with Gasteiger partial charge in [0.25, 0.3) is 0 Å². The minimum atomic E-state index is -0.557. The molecule has 0 fully saturated rings. The monoisotopic (exact) mass is 309 g/mol. The van der Waals surface area contributed by atoms with Crippen molar-refractivity contribution in [3.63, 3.8) is 0 Å². The molecule has 0 unspecified atom stereocenters. The largest absolute Gasteiger partial charge is 0.495 e. The van der Waals surface area contributed by atoms with Crippen LogP contribution in [0.15, 0.2) is 36.4 Å². The summed E-state index contributed by atoms with van der Waals surface area (Å²) in [6.45, 7) is -0.0567. The van der Waals surface area contributed by atoms with Crippen molar-refractivity contribution in [1.82, 2.24) is 0 Å². The zero-order chi connectivity index (χ0) is 15.4. The Morgan fingerprint density at radius 3 is 2.67 bits per heavy atom. The van der Waals surface area contributed by atoms with Gasteiger partial charge in [-0.2, -0.15) is 0 Å². The minimum Gasteiger partial charge on any atom is -0.495 e. The number of benzene rings is 2. The average Bonchev–Trinajstić information content (AvgIpc) is 2.48. The van der Waals surface area contributed by atoms with Crippen LogP contribution in [0.1, 0.15) is 15.9 Å². The van der Waals surface area contributed by atoms with Gasteiger partial charge in [0.15, 0.2) is 0 Å². The number of methoxy groups -OCH3 is 1. The molecule has 0 aliphatic rings. The molecule has 2 rings (SSSR count). The molecule has 0 saturated carbocycles. The van der Waals surface area contributed by atoms with E-state index in [0.717, 1.165) is 0 Å². The van der Waals surface area contributed by atoms with Crippen LogP contribution in [-0.4, -0.2) is 13.1 Å². The lowest BCUT2D eigenvalue weighted by molar-refractivity contribution is 0.0472. The van der Waals surface area contributed by atoms with E-state index in [9.17, 15) is 9.18 Å². The van der Waals surface area contributed by atoms with E-state index < -0.39 is 11.8 Å². The summed E-state index contributed by atoms with van der Waals surface area (Å²) < 4.78 is 23.4. The first kappa shape index (κ1) is 15.1. The van der Waals surface area contributed by atoms with Gasteiger partial charge in [-0.15, -0.1) is 0 Å². The van der Waals surface area contributed by atoms with Gasteiger partial charge in [0.2, 0.25) is 0 Å². The van der Waals surface area contributed by atoms with Crippen molar-refractivity contribution in [3.05, 3.63) is 58.4 Å². The van der Waals surface area contributed by atoms with Gasteiger partial charge in [0.05, 0.1) is 23.4 Å². The number of carbonyl (C=O) groups is 1. The van der Waals surface area contributed by atoms with Crippen molar-refractivity contribution in [3.8, 4) is 5.75 Å². The van der Waals surface area contributed by atoms with Crippen molar-refractivity contribution in [1.29, 1.82) is 0 Å². The molecule has 2 aromatic carbocycles. The molecular formula is C15H13ClFNO3. The summed E-state index contributed by atoms with van der Waals surface area (Å²) in [5.74, 6) is -0.634. The molecule has 0 aliphatic heterocycles. The molecule has 0 radical (unpaired) electrons. The highest BCUT2D eigenvalue weighted by molar-refractivity contribution is 6.30. The summed E-state index contributed by atoms with van der Waals surface area (Å²) >= 11 is 5.58. The van der Waals surface area contributed by atoms with E-state index in [0.29, 0.717) is 22.6 Å². The number of hydrogen-bond donors (Lipinski definition) is 1. The summed E-state index contributed by atoms with van der Waals surface area (Å²) in [7, 11) is 1.48. The van der Waals surface area contributed by atoms with Gasteiger partial charge in [0, 0.05) is 0 Å². The molecule has 0 saturated heterocycles. The number of esters is 1. The molecule has 2 N–H and O–H groups in total. The Kier molecular flexibility index (Phi) is 4.65. The highest BCUT2D eigenvalue weighted by Gasteiger charge is 2.11. The van der Waals surface area contributed by atoms with Gasteiger partial charge in [-0.3, -0.25) is 0 Å². The van der Waals surface area contributed by atoms with E-state index in [1.807, 2.05) is 0 Å². The van der Waals surface area contributed by atoms with Crippen LogP contribution in [0.4, 0.5) is 10.1 Å². The molecule has 0 atom stereocenters. The van der Waals surface area contributed by atoms with Gasteiger partial charge in [-0.25, -0.2) is 9.18 Å². The molecule has 0 aromatic heterocycles. The third kappa shape index (κ3) is 3.64. The molecule has 0 bridgehead atoms. The zero-order valence-electron chi connectivity index (χ0n) is 11.2. The number of ether oxygens (including phenoxy) is 2. The smallest absolute Gasteiger partial charge is 0.338 e. The van der Waals surface area contributed by atoms with E-state index in [1.54, 1.807) is 18.2 Å². The number of rotatable bonds is 4. The first-order chi connectivity index (χ1) is 10.0. The van der Waals surface area contributed by atoms with E-state index in [2.05, 4.69) is 0 Å². The van der Waals surface area contributed by atoms with Gasteiger partial charge in [-0.05, 0) is 35.9 Å². The summed E-state index contributed by atoms with van der Waals surface area (Å²) in [5.41, 5.74) is 6.85. The number of nitrogens with two attached hydrogens (primary N) is 1. The number of halogens is 2. The van der Waals surface area contributed by atoms with Crippen LogP contribution in [0.2, 0.25) is 5.02 Å². The maximum absolute atomic E-state index is 13.3. The Labute approximate surface area is 126 Å². The fourth-order valence-corrected chi connectivity index (χ4v) is 1.84. The predicted molar refractivity (Wildman–Crippen MR) is 77.9 cm³/mol. The SMILES string of the molecule is COc1ccc(C(=O)OCc2ccc(Cl)c(F)c2)cc1N. The van der Waals surface area contributed by atoms with Crippen LogP contribution in [0.5, 0.6) is 5.75 Å². The van der Waals surface area contributed by atoms with Crippen molar-refractivity contribution in [2.45, 2.75) is 6.61 Å². The van der Waals surface area contributed by atoms with Crippen molar-refractivity contribution in [2.24, 2.45) is 0 Å². The number of carbonyl (C=O) groups excluding carboxylic acids is 1. The lowest BCUT2D eigenvalue weighted by Gasteiger charge is -2.08. The second kappa shape index (κ2) is 6.45. The van der Waals surface area contributed by atoms with Crippen LogP contribution in [0.25, 0.3) is 0 Å². The number of anilines is 1. The fraction of sp³-hybridized carbons (Fsp3) is 0.133. The second-order valence-electron chi connectivity index (χ2n) is 4.28. The maximum Gasteiger partial charge on any atom is 0.338 e. The van der Waals surface area contributed by atoms with Crippen molar-refractivity contribution >= 4 is 23.3 Å². The van der Waals surface area contributed by atoms with Gasteiger partial charge in [-0.1, -0.05) is 17.7 Å². The highest BCUT2D eigenvalue weighted by Crippen LogP contribution is 2.22. The molecule has 21 heavy (non-hydrogen) atoms. The third-order valence-corrected chi connectivity index (χ3v) is 3.13. The lowest BCUT2D eigenvalue weighted by atomic mass is 10.2. The van der Waals surface area contributed by atoms with Crippen molar-refractivity contribution in [2.75, 3.05) is 12.8 Å². The number of nitrogen functional groups attached to an aromatic ring is 1. The Balaban J connectivity index is 2.04. The standard InChI is InChI=1S/C15H13ClFNO3/c1-20-14-5-3-10(7-13(14)18)15(19)21-8-9-2-4-11(16)12(17)6-9/h2-7H,8,18H2,1H3. The predicted octanol–water partition coefficient (Wildman–Crippen LogP) is 3.43. The van der Waals surface area contributed by atoms with Crippen LogP contribution in [-0.2, 0) is 11.3 Å². The minimum absolute atomic E-state index is 0.0213. The first-order valence-electron chi connectivity index (χ1n) is 6.06. The Hall–Kier alpha value is -2.27. The Bertz CT molecular complexity index is 676. The molecule has 0 spiro atoms. The topological polar surface area (TPSA) is 61.5 Å². The molecule has 0 aliphatic carbocycles. The van der Waals surface area contributed by atoms with Crippen molar-refractivity contribution < 1.29 is 18.7 Å². The molecular weight excluding hydrogens is 297 g/mol. The lowest BCUT2D eigenvalue weighted by Crippen LogP contribution is -2.06. The summed E-state index contributed by atoms with van der Waals surface area (Å²) in [6, 6.07) is 8.79. The molecule has 2 aromatic rings. The summed E-state index contributed by atoms with van der Waals surface area (Å²) in [5, 5.41) is 0.0213. The van der Waals surface area contributed by atoms with Crippen LogP contribution in [0.3, 0.4) is 0 Å². The molecule has 4 nitrogen and oxygen atoms in total. The fourth-order valence-electron chi connectivity index (χ4n) is 1.72. The third-order valence-electron chi connectivity index (χ3n) is 2.82. The average molecular weight is 310 g/mol. The number of hydrogen-bond acceptors (Lipinski definition) is 4. The highest BCUT2D eigenvalue weighted by atomic mass is 35.5.